The van der Waals surface area contributed by atoms with E-state index in [-0.39, 0.29) is 0 Å². The second-order valence-electron chi connectivity index (χ2n) is 2.80. The summed E-state index contributed by atoms with van der Waals surface area (Å²) in [5.74, 6) is 0. The summed E-state index contributed by atoms with van der Waals surface area (Å²) in [6.45, 7) is 0. The van der Waals surface area contributed by atoms with Crippen molar-refractivity contribution in [3.05, 3.63) is 50.8 Å². The Kier molecular flexibility index (Phi) is 1.78. The molecule has 14 heavy (non-hydrogen) atoms. The van der Waals surface area contributed by atoms with Crippen molar-refractivity contribution in [3.8, 4) is 11.3 Å². The number of hydrogen-bond donors (Lipinski definition) is 1. The van der Waals surface area contributed by atoms with Crippen LogP contribution in [-0.2, 0) is 0 Å². The first kappa shape index (κ1) is 8.43. The molecule has 0 fully saturated rings. The summed E-state index contributed by atoms with van der Waals surface area (Å²) in [5.41, 5.74) is -0.232. The molecule has 1 heterocycles. The van der Waals surface area contributed by atoms with Gasteiger partial charge in [-0.25, -0.2) is 0 Å². The predicted octanol–water partition coefficient (Wildman–Crippen LogP) is 1.39. The van der Waals surface area contributed by atoms with Gasteiger partial charge >= 0.3 is 11.2 Å². The fourth-order valence-corrected chi connectivity index (χ4v) is 1.35. The number of fused-ring (bicyclic) bond motifs is 1. The number of H-pyrrole nitrogens is 1. The monoisotopic (exact) mass is 190 g/mol. The topological polar surface area (TPSA) is 76.0 Å². The Hall–Kier alpha value is -2.17. The average molecular weight is 190 g/mol. The Labute approximate surface area is 78.5 Å². The highest BCUT2D eigenvalue weighted by atomic mass is 16.6. The van der Waals surface area contributed by atoms with Crippen LogP contribution < -0.4 is 5.56 Å². The van der Waals surface area contributed by atoms with E-state index in [1.807, 2.05) is 0 Å². The first-order valence-corrected chi connectivity index (χ1v) is 3.95. The predicted molar refractivity (Wildman–Crippen MR) is 50.3 cm³/mol. The Morgan fingerprint density at radius 1 is 1.21 bits per heavy atom. The molecule has 2 aliphatic rings. The molecular formula is C9H6N2O3. The summed E-state index contributed by atoms with van der Waals surface area (Å²) in [4.78, 5) is 23.5. The standard InChI is InChI=1S/C9H6N2O3/c12-9-8(11(13)14)6-4-2-1-3-5-7(6)10-9/h1-5H,(H,10,12). The van der Waals surface area contributed by atoms with E-state index in [1.54, 1.807) is 30.3 Å². The summed E-state index contributed by atoms with van der Waals surface area (Å²) in [5, 5.41) is 10.6. The molecule has 0 unspecified atom stereocenters. The Balaban J connectivity index is 2.84. The van der Waals surface area contributed by atoms with Crippen molar-refractivity contribution in [2.24, 2.45) is 0 Å². The zero-order valence-corrected chi connectivity index (χ0v) is 7.06. The zero-order valence-electron chi connectivity index (χ0n) is 7.06. The van der Waals surface area contributed by atoms with Crippen molar-refractivity contribution in [1.82, 2.24) is 4.98 Å². The van der Waals surface area contributed by atoms with E-state index in [2.05, 4.69) is 4.98 Å². The second kappa shape index (κ2) is 2.95. The van der Waals surface area contributed by atoms with Crippen LogP contribution in [0.5, 0.6) is 0 Å². The lowest BCUT2D eigenvalue weighted by atomic mass is 10.2. The van der Waals surface area contributed by atoms with Gasteiger partial charge in [0, 0.05) is 0 Å². The summed E-state index contributed by atoms with van der Waals surface area (Å²) >= 11 is 0. The minimum absolute atomic E-state index is 0.338. The molecule has 70 valence electrons. The molecular weight excluding hydrogens is 184 g/mol. The number of nitrogens with zero attached hydrogens (tertiary/aromatic N) is 1. The lowest BCUT2D eigenvalue weighted by molar-refractivity contribution is -0.385. The molecule has 2 rings (SSSR count). The van der Waals surface area contributed by atoms with Gasteiger partial charge in [-0.05, 0) is 12.1 Å². The van der Waals surface area contributed by atoms with Gasteiger partial charge in [0.1, 0.15) is 0 Å². The maximum atomic E-state index is 11.2. The average Bonchev–Trinajstić information content (AvgIpc) is 2.31. The zero-order chi connectivity index (χ0) is 10.1. The lowest BCUT2D eigenvalue weighted by Crippen LogP contribution is -2.03. The molecule has 1 aliphatic carbocycles. The molecule has 5 nitrogen and oxygen atoms in total. The number of nitrogens with one attached hydrogen (secondary N) is 1. The van der Waals surface area contributed by atoms with E-state index in [1.165, 1.54) is 0 Å². The highest BCUT2D eigenvalue weighted by molar-refractivity contribution is 5.71. The normalized spacial score (nSPS) is 10.3. The van der Waals surface area contributed by atoms with Crippen LogP contribution in [-0.4, -0.2) is 9.91 Å². The van der Waals surface area contributed by atoms with Crippen LogP contribution in [0.3, 0.4) is 0 Å². The minimum Gasteiger partial charge on any atom is -0.316 e. The number of aromatic amines is 1. The molecule has 1 aliphatic heterocycles. The van der Waals surface area contributed by atoms with Crippen LogP contribution in [0.1, 0.15) is 0 Å². The molecule has 0 saturated carbocycles. The molecule has 0 amide bonds. The maximum Gasteiger partial charge on any atom is 0.343 e. The van der Waals surface area contributed by atoms with Gasteiger partial charge in [0.05, 0.1) is 16.2 Å². The first-order chi connectivity index (χ1) is 6.70. The lowest BCUT2D eigenvalue weighted by Gasteiger charge is -1.88. The number of rotatable bonds is 1. The third-order valence-corrected chi connectivity index (χ3v) is 1.94. The Bertz CT molecular complexity index is 518. The Morgan fingerprint density at radius 3 is 2.64 bits per heavy atom. The molecule has 0 bridgehead atoms. The summed E-state index contributed by atoms with van der Waals surface area (Å²) in [6.07, 6.45) is 0. The van der Waals surface area contributed by atoms with Gasteiger partial charge in [0.25, 0.3) is 0 Å². The number of nitro groups is 1. The SMILES string of the molecule is O=c1[nH]c2cccccc-2c1[N+](=O)[O-]. The maximum absolute atomic E-state index is 11.2. The Morgan fingerprint density at radius 2 is 1.93 bits per heavy atom. The molecule has 0 aromatic carbocycles. The molecule has 1 N–H and O–H groups in total. The highest BCUT2D eigenvalue weighted by Gasteiger charge is 2.23. The summed E-state index contributed by atoms with van der Waals surface area (Å²) in [6, 6.07) is 8.28. The molecule has 0 radical (unpaired) electrons. The van der Waals surface area contributed by atoms with E-state index < -0.39 is 16.2 Å². The van der Waals surface area contributed by atoms with Crippen molar-refractivity contribution in [2.75, 3.05) is 0 Å². The van der Waals surface area contributed by atoms with Crippen LogP contribution in [0.15, 0.2) is 35.1 Å². The van der Waals surface area contributed by atoms with Crippen LogP contribution in [0.25, 0.3) is 11.3 Å². The number of aromatic nitrogens is 1. The van der Waals surface area contributed by atoms with Crippen LogP contribution in [0.4, 0.5) is 5.69 Å². The van der Waals surface area contributed by atoms with Crippen LogP contribution >= 0.6 is 0 Å². The van der Waals surface area contributed by atoms with Crippen LogP contribution in [0.2, 0.25) is 0 Å². The summed E-state index contributed by atoms with van der Waals surface area (Å²) in [7, 11) is 0. The van der Waals surface area contributed by atoms with Gasteiger partial charge in [-0.1, -0.05) is 18.2 Å². The van der Waals surface area contributed by atoms with Gasteiger partial charge in [0.15, 0.2) is 0 Å². The van der Waals surface area contributed by atoms with E-state index in [9.17, 15) is 14.9 Å². The number of hydrogen-bond acceptors (Lipinski definition) is 3. The van der Waals surface area contributed by atoms with Crippen LogP contribution in [0, 0.1) is 10.1 Å². The van der Waals surface area contributed by atoms with Crippen molar-refractivity contribution in [2.45, 2.75) is 0 Å². The van der Waals surface area contributed by atoms with Gasteiger partial charge in [-0.3, -0.25) is 14.9 Å². The highest BCUT2D eigenvalue weighted by Crippen LogP contribution is 2.25. The minimum atomic E-state index is -0.666. The smallest absolute Gasteiger partial charge is 0.316 e. The van der Waals surface area contributed by atoms with Crippen molar-refractivity contribution in [3.63, 3.8) is 0 Å². The summed E-state index contributed by atoms with van der Waals surface area (Å²) < 4.78 is 0. The van der Waals surface area contributed by atoms with Crippen molar-refractivity contribution in [1.29, 1.82) is 0 Å². The second-order valence-corrected chi connectivity index (χ2v) is 2.80. The fourth-order valence-electron chi connectivity index (χ4n) is 1.35. The first-order valence-electron chi connectivity index (χ1n) is 3.95. The van der Waals surface area contributed by atoms with E-state index in [0.29, 0.717) is 11.3 Å². The van der Waals surface area contributed by atoms with Gasteiger partial charge < -0.3 is 4.98 Å². The van der Waals surface area contributed by atoms with E-state index in [4.69, 9.17) is 0 Å². The van der Waals surface area contributed by atoms with Crippen molar-refractivity contribution >= 4 is 5.69 Å². The largest absolute Gasteiger partial charge is 0.343 e. The molecule has 5 heteroatoms. The van der Waals surface area contributed by atoms with Crippen molar-refractivity contribution < 1.29 is 4.92 Å². The van der Waals surface area contributed by atoms with Gasteiger partial charge in [-0.15, -0.1) is 0 Å². The molecule has 0 aromatic rings. The third-order valence-electron chi connectivity index (χ3n) is 1.94. The quantitative estimate of drug-likeness (QED) is 0.545. The molecule has 0 saturated heterocycles. The van der Waals surface area contributed by atoms with E-state index >= 15 is 0 Å². The van der Waals surface area contributed by atoms with Gasteiger partial charge in [0.2, 0.25) is 0 Å². The third kappa shape index (κ3) is 1.15. The molecule has 0 atom stereocenters. The molecule has 0 aromatic heterocycles. The fraction of sp³-hybridized carbons (Fsp3) is 0. The van der Waals surface area contributed by atoms with E-state index in [0.717, 1.165) is 0 Å². The van der Waals surface area contributed by atoms with Gasteiger partial charge in [-0.2, -0.15) is 0 Å². The molecule has 0 spiro atoms.